The second kappa shape index (κ2) is 8.34. The van der Waals surface area contributed by atoms with Crippen LogP contribution in [0.15, 0.2) is 5.11 Å². The van der Waals surface area contributed by atoms with Crippen LogP contribution in [-0.2, 0) is 9.53 Å². The summed E-state index contributed by atoms with van der Waals surface area (Å²) in [5.74, 6) is -0.254. The summed E-state index contributed by atoms with van der Waals surface area (Å²) in [5, 5.41) is 6.30. The van der Waals surface area contributed by atoms with Gasteiger partial charge in [0.2, 0.25) is 0 Å². The number of hydrogen-bond acceptors (Lipinski definition) is 4. The van der Waals surface area contributed by atoms with Gasteiger partial charge in [0.05, 0.1) is 6.61 Å². The van der Waals surface area contributed by atoms with Gasteiger partial charge in [0.25, 0.3) is 0 Å². The minimum absolute atomic E-state index is 0.254. The molecular formula is C8H16N4O2. The molecule has 1 atom stereocenters. The van der Waals surface area contributed by atoms with Crippen molar-refractivity contribution >= 4 is 5.97 Å². The first-order chi connectivity index (χ1) is 6.76. The van der Waals surface area contributed by atoms with Gasteiger partial charge in [-0.05, 0) is 18.9 Å². The quantitative estimate of drug-likeness (QED) is 0.220. The average Bonchev–Trinajstić information content (AvgIpc) is 2.18. The molecule has 0 aliphatic carbocycles. The zero-order valence-corrected chi connectivity index (χ0v) is 8.56. The molecule has 6 heteroatoms. The van der Waals surface area contributed by atoms with Crippen LogP contribution >= 0.6 is 0 Å². The maximum Gasteiger partial charge on any atom is 0.323 e. The molecule has 0 spiro atoms. The third kappa shape index (κ3) is 5.40. The molecule has 0 saturated carbocycles. The molecule has 0 aromatic heterocycles. The highest BCUT2D eigenvalue weighted by Crippen LogP contribution is 1.94. The number of nitrogens with zero attached hydrogens (tertiary/aromatic N) is 3. The maximum absolute atomic E-state index is 11.2. The summed E-state index contributed by atoms with van der Waals surface area (Å²) in [6.45, 7) is 4.87. The van der Waals surface area contributed by atoms with Gasteiger partial charge in [-0.15, -0.1) is 0 Å². The Morgan fingerprint density at radius 2 is 2.36 bits per heavy atom. The Hall–Kier alpha value is -1.26. The van der Waals surface area contributed by atoms with Crippen molar-refractivity contribution in [1.82, 2.24) is 5.32 Å². The van der Waals surface area contributed by atoms with Crippen LogP contribution in [0, 0.1) is 0 Å². The summed E-state index contributed by atoms with van der Waals surface area (Å²) in [6.07, 6.45) is 0.662. The minimum atomic E-state index is -0.302. The fraction of sp³-hybridized carbons (Fsp3) is 0.875. The number of rotatable bonds is 7. The molecule has 1 unspecified atom stereocenters. The molecule has 0 amide bonds. The van der Waals surface area contributed by atoms with E-state index in [9.17, 15) is 4.79 Å². The molecule has 1 N–H and O–H groups in total. The summed E-state index contributed by atoms with van der Waals surface area (Å²) < 4.78 is 4.85. The number of carbonyl (C=O) groups excluding carboxylic acids is 1. The first kappa shape index (κ1) is 12.7. The fourth-order valence-corrected chi connectivity index (χ4v) is 0.971. The standard InChI is InChI=1S/C8H16N4O2/c1-3-7(8(13)14-4-2)10-5-6-11-12-9/h7,10H,3-6H2,1-2H3. The molecule has 6 nitrogen and oxygen atoms in total. The summed E-state index contributed by atoms with van der Waals surface area (Å²) in [7, 11) is 0. The van der Waals surface area contributed by atoms with Crippen molar-refractivity contribution in [3.63, 3.8) is 0 Å². The highest BCUT2D eigenvalue weighted by Gasteiger charge is 2.15. The van der Waals surface area contributed by atoms with Crippen LogP contribution in [-0.4, -0.2) is 31.7 Å². The third-order valence-corrected chi connectivity index (χ3v) is 1.65. The number of nitrogens with one attached hydrogen (secondary N) is 1. The Bertz CT molecular complexity index is 213. The molecule has 0 aliphatic heterocycles. The Morgan fingerprint density at radius 3 is 2.86 bits per heavy atom. The van der Waals surface area contributed by atoms with Crippen molar-refractivity contribution in [3.8, 4) is 0 Å². The topological polar surface area (TPSA) is 87.1 Å². The predicted octanol–water partition coefficient (Wildman–Crippen LogP) is 1.23. The molecule has 0 bridgehead atoms. The van der Waals surface area contributed by atoms with Gasteiger partial charge in [0.15, 0.2) is 0 Å². The van der Waals surface area contributed by atoms with Crippen molar-refractivity contribution in [1.29, 1.82) is 0 Å². The van der Waals surface area contributed by atoms with E-state index in [0.717, 1.165) is 0 Å². The molecule has 0 aliphatic rings. The van der Waals surface area contributed by atoms with Crippen LogP contribution in [0.5, 0.6) is 0 Å². The molecule has 0 fully saturated rings. The van der Waals surface area contributed by atoms with Crippen LogP contribution in [0.3, 0.4) is 0 Å². The molecule has 0 aromatic rings. The van der Waals surface area contributed by atoms with Crippen molar-refractivity contribution < 1.29 is 9.53 Å². The second-order valence-corrected chi connectivity index (χ2v) is 2.62. The van der Waals surface area contributed by atoms with E-state index in [1.165, 1.54) is 0 Å². The largest absolute Gasteiger partial charge is 0.465 e. The van der Waals surface area contributed by atoms with E-state index in [2.05, 4.69) is 15.3 Å². The van der Waals surface area contributed by atoms with Gasteiger partial charge < -0.3 is 10.1 Å². The van der Waals surface area contributed by atoms with Gasteiger partial charge in [-0.25, -0.2) is 0 Å². The zero-order valence-electron chi connectivity index (χ0n) is 8.56. The lowest BCUT2D eigenvalue weighted by molar-refractivity contribution is -0.145. The predicted molar refractivity (Wildman–Crippen MR) is 52.7 cm³/mol. The molecule has 80 valence electrons. The van der Waals surface area contributed by atoms with Gasteiger partial charge in [0.1, 0.15) is 6.04 Å². The Labute approximate surface area is 83.3 Å². The normalized spacial score (nSPS) is 11.6. The van der Waals surface area contributed by atoms with Crippen molar-refractivity contribution in [3.05, 3.63) is 10.4 Å². The highest BCUT2D eigenvalue weighted by molar-refractivity contribution is 5.75. The summed E-state index contributed by atoms with van der Waals surface area (Å²) in [6, 6.07) is -0.302. The van der Waals surface area contributed by atoms with Gasteiger partial charge in [-0.1, -0.05) is 12.0 Å². The monoisotopic (exact) mass is 200 g/mol. The zero-order chi connectivity index (χ0) is 10.8. The third-order valence-electron chi connectivity index (χ3n) is 1.65. The Morgan fingerprint density at radius 1 is 1.64 bits per heavy atom. The van der Waals surface area contributed by atoms with Crippen molar-refractivity contribution in [2.75, 3.05) is 19.7 Å². The molecule has 14 heavy (non-hydrogen) atoms. The van der Waals surface area contributed by atoms with Crippen LogP contribution in [0.25, 0.3) is 10.4 Å². The van der Waals surface area contributed by atoms with Crippen LogP contribution in [0.4, 0.5) is 0 Å². The molecular weight excluding hydrogens is 184 g/mol. The lowest BCUT2D eigenvalue weighted by Gasteiger charge is -2.14. The molecule has 0 saturated heterocycles. The molecule has 0 rings (SSSR count). The lowest BCUT2D eigenvalue weighted by atomic mass is 10.2. The number of carbonyl (C=O) groups is 1. The van der Waals surface area contributed by atoms with Gasteiger partial charge in [-0.2, -0.15) is 0 Å². The molecule has 0 radical (unpaired) electrons. The molecule has 0 heterocycles. The number of esters is 1. The van der Waals surface area contributed by atoms with E-state index in [0.29, 0.717) is 26.1 Å². The number of hydrogen-bond donors (Lipinski definition) is 1. The van der Waals surface area contributed by atoms with Gasteiger partial charge in [-0.3, -0.25) is 4.79 Å². The van der Waals surface area contributed by atoms with Crippen LogP contribution in [0.1, 0.15) is 20.3 Å². The molecule has 0 aromatic carbocycles. The van der Waals surface area contributed by atoms with E-state index in [-0.39, 0.29) is 12.0 Å². The number of ether oxygens (including phenoxy) is 1. The average molecular weight is 200 g/mol. The fourth-order valence-electron chi connectivity index (χ4n) is 0.971. The van der Waals surface area contributed by atoms with E-state index in [1.54, 1.807) is 6.92 Å². The first-order valence-corrected chi connectivity index (χ1v) is 4.67. The minimum Gasteiger partial charge on any atom is -0.465 e. The highest BCUT2D eigenvalue weighted by atomic mass is 16.5. The summed E-state index contributed by atoms with van der Waals surface area (Å²) >= 11 is 0. The van der Waals surface area contributed by atoms with E-state index in [4.69, 9.17) is 10.3 Å². The lowest BCUT2D eigenvalue weighted by Crippen LogP contribution is -2.38. The maximum atomic E-state index is 11.2. The van der Waals surface area contributed by atoms with E-state index < -0.39 is 0 Å². The smallest absolute Gasteiger partial charge is 0.323 e. The SMILES string of the molecule is CCOC(=O)C(CC)NCCN=[N+]=[N-]. The van der Waals surface area contributed by atoms with Crippen LogP contribution < -0.4 is 5.32 Å². The Balaban J connectivity index is 3.77. The number of azide groups is 1. The Kier molecular flexibility index (Phi) is 7.59. The van der Waals surface area contributed by atoms with Crippen LogP contribution in [0.2, 0.25) is 0 Å². The summed E-state index contributed by atoms with van der Waals surface area (Å²) in [4.78, 5) is 13.9. The van der Waals surface area contributed by atoms with Gasteiger partial charge >= 0.3 is 5.97 Å². The van der Waals surface area contributed by atoms with Gasteiger partial charge in [0, 0.05) is 18.0 Å². The first-order valence-electron chi connectivity index (χ1n) is 4.67. The van der Waals surface area contributed by atoms with Crippen molar-refractivity contribution in [2.24, 2.45) is 5.11 Å². The summed E-state index contributed by atoms with van der Waals surface area (Å²) in [5.41, 5.74) is 8.02. The van der Waals surface area contributed by atoms with E-state index >= 15 is 0 Å². The second-order valence-electron chi connectivity index (χ2n) is 2.62. The van der Waals surface area contributed by atoms with Crippen molar-refractivity contribution in [2.45, 2.75) is 26.3 Å². The van der Waals surface area contributed by atoms with E-state index in [1.807, 2.05) is 6.92 Å².